The predicted molar refractivity (Wildman–Crippen MR) is 103 cm³/mol. The summed E-state index contributed by atoms with van der Waals surface area (Å²) in [6, 6.07) is 7.50. The Morgan fingerprint density at radius 3 is 2.46 bits per heavy atom. The van der Waals surface area contributed by atoms with E-state index in [1.165, 1.54) is 51.4 Å². The van der Waals surface area contributed by atoms with Crippen molar-refractivity contribution in [2.75, 3.05) is 0 Å². The van der Waals surface area contributed by atoms with Crippen LogP contribution >= 0.6 is 11.6 Å². The number of rotatable bonds is 4. The number of nitrogens with zero attached hydrogens (tertiary/aromatic N) is 1. The molecule has 0 unspecified atom stereocenters. The van der Waals surface area contributed by atoms with Gasteiger partial charge < -0.3 is 0 Å². The van der Waals surface area contributed by atoms with E-state index in [0.29, 0.717) is 16.5 Å². The van der Waals surface area contributed by atoms with Crippen LogP contribution in [0, 0.1) is 47.9 Å². The lowest BCUT2D eigenvalue weighted by Gasteiger charge is -2.25. The van der Waals surface area contributed by atoms with Crippen molar-refractivity contribution in [2.45, 2.75) is 58.3 Å². The second-order valence-electron chi connectivity index (χ2n) is 6.29. The zero-order valence-corrected chi connectivity index (χ0v) is 15.3. The number of nitriles is 1. The molecule has 1 aliphatic rings. The van der Waals surface area contributed by atoms with Gasteiger partial charge in [0.05, 0.1) is 10.6 Å². The molecule has 0 aliphatic heterocycles. The minimum absolute atomic E-state index is 0.494. The highest BCUT2D eigenvalue weighted by Crippen LogP contribution is 2.31. The van der Waals surface area contributed by atoms with E-state index in [4.69, 9.17) is 16.9 Å². The van der Waals surface area contributed by atoms with E-state index in [1.54, 1.807) is 12.1 Å². The summed E-state index contributed by atoms with van der Waals surface area (Å²) in [4.78, 5) is 0. The summed E-state index contributed by atoms with van der Waals surface area (Å²) in [5.41, 5.74) is 1.42. The molecule has 0 N–H and O–H groups in total. The van der Waals surface area contributed by atoms with Gasteiger partial charge >= 0.3 is 0 Å². The Morgan fingerprint density at radius 2 is 1.88 bits per heavy atom. The molecule has 0 heterocycles. The molecule has 24 heavy (non-hydrogen) atoms. The van der Waals surface area contributed by atoms with E-state index < -0.39 is 0 Å². The average molecular weight is 340 g/mol. The second-order valence-corrected chi connectivity index (χ2v) is 6.70. The number of unbranched alkanes of at least 4 members (excludes halogenated alkanes) is 2. The number of terminal acetylenes is 1. The maximum absolute atomic E-state index is 8.87. The van der Waals surface area contributed by atoms with E-state index in [9.17, 15) is 0 Å². The summed E-state index contributed by atoms with van der Waals surface area (Å²) in [6.07, 6.45) is 18.6. The Bertz CT molecular complexity index is 619. The minimum atomic E-state index is 0.494. The highest BCUT2D eigenvalue weighted by molar-refractivity contribution is 6.31. The molecule has 2 heteroatoms. The lowest BCUT2D eigenvalue weighted by Crippen LogP contribution is -2.13. The SMILES string of the molecule is C#C.CCCCC[C@H]1CC[C@H](C#Cc2ccc(C#N)c(Cl)c2)CC1. The Labute approximate surface area is 152 Å². The quantitative estimate of drug-likeness (QED) is 0.473. The van der Waals surface area contributed by atoms with Gasteiger partial charge in [0.2, 0.25) is 0 Å². The highest BCUT2D eigenvalue weighted by atomic mass is 35.5. The molecule has 1 saturated carbocycles. The van der Waals surface area contributed by atoms with Crippen LogP contribution in [0.4, 0.5) is 0 Å². The lowest BCUT2D eigenvalue weighted by atomic mass is 9.80. The monoisotopic (exact) mass is 339 g/mol. The van der Waals surface area contributed by atoms with Crippen LogP contribution in [0.3, 0.4) is 0 Å². The summed E-state index contributed by atoms with van der Waals surface area (Å²) >= 11 is 6.04. The van der Waals surface area contributed by atoms with E-state index in [2.05, 4.69) is 37.7 Å². The first kappa shape index (κ1) is 20.2. The molecular formula is C22H26ClN. The van der Waals surface area contributed by atoms with E-state index in [0.717, 1.165) is 11.5 Å². The molecule has 0 amide bonds. The fourth-order valence-corrected chi connectivity index (χ4v) is 3.37. The molecule has 1 aliphatic carbocycles. The Morgan fingerprint density at radius 1 is 1.17 bits per heavy atom. The van der Waals surface area contributed by atoms with Gasteiger partial charge in [-0.2, -0.15) is 5.26 Å². The van der Waals surface area contributed by atoms with E-state index in [-0.39, 0.29) is 0 Å². The third kappa shape index (κ3) is 6.71. The Balaban J connectivity index is 0.00000139. The van der Waals surface area contributed by atoms with Crippen molar-refractivity contribution in [3.63, 3.8) is 0 Å². The van der Waals surface area contributed by atoms with Crippen LogP contribution in [0.1, 0.15) is 69.4 Å². The second kappa shape index (κ2) is 11.6. The van der Waals surface area contributed by atoms with E-state index >= 15 is 0 Å². The van der Waals surface area contributed by atoms with Crippen LogP contribution < -0.4 is 0 Å². The molecule has 0 spiro atoms. The normalized spacial score (nSPS) is 19.1. The van der Waals surface area contributed by atoms with Gasteiger partial charge in [-0.05, 0) is 49.8 Å². The van der Waals surface area contributed by atoms with E-state index in [1.807, 2.05) is 6.07 Å². The predicted octanol–water partition coefficient (Wildman–Crippen LogP) is 6.20. The molecule has 0 bridgehead atoms. The van der Waals surface area contributed by atoms with Crippen LogP contribution in [0.2, 0.25) is 5.02 Å². The lowest BCUT2D eigenvalue weighted by molar-refractivity contribution is 0.294. The third-order valence-electron chi connectivity index (χ3n) is 4.57. The van der Waals surface area contributed by atoms with Crippen molar-refractivity contribution in [3.8, 4) is 30.8 Å². The molecule has 1 aromatic carbocycles. The molecule has 0 radical (unpaired) electrons. The number of benzene rings is 1. The van der Waals surface area contributed by atoms with Gasteiger partial charge in [0.1, 0.15) is 6.07 Å². The number of halogens is 1. The van der Waals surface area contributed by atoms with Gasteiger partial charge in [-0.1, -0.05) is 56.0 Å². The Kier molecular flexibility index (Phi) is 9.77. The third-order valence-corrected chi connectivity index (χ3v) is 4.89. The maximum Gasteiger partial charge on any atom is 0.101 e. The molecule has 2 rings (SSSR count). The van der Waals surface area contributed by atoms with Crippen molar-refractivity contribution in [3.05, 3.63) is 34.3 Å². The van der Waals surface area contributed by atoms with Crippen LogP contribution in [0.25, 0.3) is 0 Å². The molecule has 0 aromatic heterocycles. The van der Waals surface area contributed by atoms with Gasteiger partial charge in [-0.25, -0.2) is 0 Å². The minimum Gasteiger partial charge on any atom is -0.192 e. The molecule has 126 valence electrons. The van der Waals surface area contributed by atoms with Gasteiger partial charge in [-0.15, -0.1) is 12.8 Å². The number of hydrogen-bond acceptors (Lipinski definition) is 1. The zero-order valence-electron chi connectivity index (χ0n) is 14.5. The van der Waals surface area contributed by atoms with Crippen LogP contribution in [-0.2, 0) is 0 Å². The first-order chi connectivity index (χ1) is 11.7. The molecule has 0 atom stereocenters. The maximum atomic E-state index is 8.87. The number of hydrogen-bond donors (Lipinski definition) is 0. The van der Waals surface area contributed by atoms with Gasteiger partial charge in [0.25, 0.3) is 0 Å². The Hall–Kier alpha value is -1.88. The van der Waals surface area contributed by atoms with Crippen molar-refractivity contribution < 1.29 is 0 Å². The smallest absolute Gasteiger partial charge is 0.101 e. The van der Waals surface area contributed by atoms with Crippen molar-refractivity contribution in [1.29, 1.82) is 5.26 Å². The van der Waals surface area contributed by atoms with Crippen LogP contribution in [0.15, 0.2) is 18.2 Å². The standard InChI is InChI=1S/C20H24ClN.C2H2/c1-2-3-4-5-16-6-8-17(9-7-16)10-11-18-12-13-19(15-22)20(21)14-18;1-2/h12-14,16-17H,2-9H2,1H3;1-2H/t16-,17-;. The molecule has 1 aromatic rings. The average Bonchev–Trinajstić information content (AvgIpc) is 2.63. The topological polar surface area (TPSA) is 23.8 Å². The van der Waals surface area contributed by atoms with Gasteiger partial charge in [0, 0.05) is 11.5 Å². The van der Waals surface area contributed by atoms with Gasteiger partial charge in [-0.3, -0.25) is 0 Å². The summed E-state index contributed by atoms with van der Waals surface area (Å²) in [6.45, 7) is 2.27. The fraction of sp³-hybridized carbons (Fsp3) is 0.500. The molecule has 0 saturated heterocycles. The van der Waals surface area contributed by atoms with Crippen molar-refractivity contribution >= 4 is 11.6 Å². The van der Waals surface area contributed by atoms with Crippen molar-refractivity contribution in [2.24, 2.45) is 11.8 Å². The summed E-state index contributed by atoms with van der Waals surface area (Å²) < 4.78 is 0. The van der Waals surface area contributed by atoms with Gasteiger partial charge in [0.15, 0.2) is 0 Å². The summed E-state index contributed by atoms with van der Waals surface area (Å²) in [5, 5.41) is 9.37. The molecule has 1 nitrogen and oxygen atoms in total. The first-order valence-corrected chi connectivity index (χ1v) is 9.15. The highest BCUT2D eigenvalue weighted by Gasteiger charge is 2.19. The van der Waals surface area contributed by atoms with Crippen molar-refractivity contribution in [1.82, 2.24) is 0 Å². The summed E-state index contributed by atoms with van der Waals surface area (Å²) in [7, 11) is 0. The molecule has 1 fully saturated rings. The largest absolute Gasteiger partial charge is 0.192 e. The zero-order chi connectivity index (χ0) is 17.8. The fourth-order valence-electron chi connectivity index (χ4n) is 3.15. The van der Waals surface area contributed by atoms with Crippen LogP contribution in [0.5, 0.6) is 0 Å². The van der Waals surface area contributed by atoms with Crippen LogP contribution in [-0.4, -0.2) is 0 Å². The molecular weight excluding hydrogens is 314 g/mol. The first-order valence-electron chi connectivity index (χ1n) is 8.77. The summed E-state index contributed by atoms with van der Waals surface area (Å²) in [5.74, 6) is 8.08.